The Morgan fingerprint density at radius 1 is 0.333 bits per heavy atom. The first-order chi connectivity index (χ1) is 31.2. The number of pyridine rings is 2. The lowest BCUT2D eigenvalue weighted by molar-refractivity contribution is 0.667. The molecule has 63 heavy (non-hydrogen) atoms. The van der Waals surface area contributed by atoms with Crippen molar-refractivity contribution in [2.75, 3.05) is 0 Å². The molecule has 6 aromatic heterocycles. The van der Waals surface area contributed by atoms with Crippen LogP contribution in [0.15, 0.2) is 205 Å². The van der Waals surface area contributed by atoms with Crippen LogP contribution in [0.2, 0.25) is 0 Å². The van der Waals surface area contributed by atoms with Crippen LogP contribution >= 0.6 is 0 Å². The number of para-hydroxylation sites is 2. The number of hydrogen-bond acceptors (Lipinski definition) is 6. The number of hydrogen-bond donors (Lipinski definition) is 0. The van der Waals surface area contributed by atoms with Crippen molar-refractivity contribution >= 4 is 65.8 Å². The Morgan fingerprint density at radius 3 is 1.65 bits per heavy atom. The number of aromatic nitrogens is 7. The second-order valence-corrected chi connectivity index (χ2v) is 15.7. The van der Waals surface area contributed by atoms with Crippen LogP contribution in [0.3, 0.4) is 0 Å². The van der Waals surface area contributed by atoms with Gasteiger partial charge in [0.2, 0.25) is 5.95 Å². The molecule has 7 aromatic carbocycles. The van der Waals surface area contributed by atoms with E-state index in [-0.39, 0.29) is 0 Å². The summed E-state index contributed by atoms with van der Waals surface area (Å²) in [6.45, 7) is 0. The zero-order chi connectivity index (χ0) is 41.4. The summed E-state index contributed by atoms with van der Waals surface area (Å²) < 4.78 is 10.5. The monoisotopic (exact) mass is 807 g/mol. The summed E-state index contributed by atoms with van der Waals surface area (Å²) in [5.41, 5.74) is 13.5. The van der Waals surface area contributed by atoms with Gasteiger partial charge < -0.3 is 4.42 Å². The van der Waals surface area contributed by atoms with Gasteiger partial charge in [0.25, 0.3) is 0 Å². The second-order valence-electron chi connectivity index (χ2n) is 15.7. The highest BCUT2D eigenvalue weighted by Gasteiger charge is 2.20. The minimum absolute atomic E-state index is 0.571. The number of nitrogens with zero attached hydrogens (tertiary/aromatic N) is 7. The number of furan rings is 1. The van der Waals surface area contributed by atoms with Crippen LogP contribution in [-0.2, 0) is 0 Å². The van der Waals surface area contributed by atoms with E-state index in [4.69, 9.17) is 24.4 Å². The Morgan fingerprint density at radius 2 is 0.905 bits per heavy atom. The second kappa shape index (κ2) is 13.9. The molecule has 0 N–H and O–H groups in total. The van der Waals surface area contributed by atoms with E-state index in [9.17, 15) is 0 Å². The van der Waals surface area contributed by atoms with Crippen molar-refractivity contribution in [3.05, 3.63) is 200 Å². The molecule has 0 saturated heterocycles. The minimum atomic E-state index is 0.571. The molecule has 0 saturated carbocycles. The number of benzene rings is 7. The fourth-order valence-electron chi connectivity index (χ4n) is 9.12. The lowest BCUT2D eigenvalue weighted by atomic mass is 9.97. The van der Waals surface area contributed by atoms with Crippen molar-refractivity contribution in [1.29, 1.82) is 0 Å². The molecule has 13 aromatic rings. The lowest BCUT2D eigenvalue weighted by Gasteiger charge is -2.11. The zero-order valence-corrected chi connectivity index (χ0v) is 33.6. The van der Waals surface area contributed by atoms with Crippen molar-refractivity contribution in [2.24, 2.45) is 0 Å². The van der Waals surface area contributed by atoms with Gasteiger partial charge in [-0.1, -0.05) is 133 Å². The fraction of sp³-hybridized carbons (Fsp3) is 0. The maximum absolute atomic E-state index is 6.09. The molecule has 13 rings (SSSR count). The topological polar surface area (TPSA) is 87.5 Å². The van der Waals surface area contributed by atoms with E-state index in [0.717, 1.165) is 94.0 Å². The van der Waals surface area contributed by atoms with Gasteiger partial charge >= 0.3 is 0 Å². The first-order valence-electron chi connectivity index (χ1n) is 20.9. The van der Waals surface area contributed by atoms with Gasteiger partial charge in [0, 0.05) is 38.9 Å². The third-order valence-corrected chi connectivity index (χ3v) is 12.1. The van der Waals surface area contributed by atoms with Crippen LogP contribution in [0.1, 0.15) is 0 Å². The van der Waals surface area contributed by atoms with Crippen LogP contribution in [0.25, 0.3) is 123 Å². The van der Waals surface area contributed by atoms with Gasteiger partial charge in [0.05, 0.1) is 22.1 Å². The first kappa shape index (κ1) is 35.0. The molecule has 0 aliphatic rings. The highest BCUT2D eigenvalue weighted by molar-refractivity contribution is 6.12. The molecule has 0 aliphatic carbocycles. The molecule has 294 valence electrons. The maximum atomic E-state index is 6.09. The molecular weight excluding hydrogens is 775 g/mol. The van der Waals surface area contributed by atoms with Crippen molar-refractivity contribution in [1.82, 2.24) is 34.1 Å². The van der Waals surface area contributed by atoms with E-state index >= 15 is 0 Å². The molecule has 0 atom stereocenters. The van der Waals surface area contributed by atoms with Gasteiger partial charge in [-0.15, -0.1) is 0 Å². The predicted molar refractivity (Wildman–Crippen MR) is 253 cm³/mol. The van der Waals surface area contributed by atoms with Gasteiger partial charge in [0.1, 0.15) is 16.9 Å². The van der Waals surface area contributed by atoms with Crippen LogP contribution < -0.4 is 0 Å². The van der Waals surface area contributed by atoms with Crippen LogP contribution in [0, 0.1) is 0 Å². The molecule has 6 heterocycles. The van der Waals surface area contributed by atoms with Gasteiger partial charge in [-0.3, -0.25) is 14.1 Å². The minimum Gasteiger partial charge on any atom is -0.453 e. The lowest BCUT2D eigenvalue weighted by Crippen LogP contribution is -2.06. The molecule has 0 bridgehead atoms. The molecule has 0 radical (unpaired) electrons. The smallest absolute Gasteiger partial charge is 0.238 e. The quantitative estimate of drug-likeness (QED) is 0.166. The largest absolute Gasteiger partial charge is 0.453 e. The summed E-state index contributed by atoms with van der Waals surface area (Å²) >= 11 is 0. The summed E-state index contributed by atoms with van der Waals surface area (Å²) in [5, 5.41) is 4.57. The van der Waals surface area contributed by atoms with Gasteiger partial charge in [0.15, 0.2) is 22.8 Å². The van der Waals surface area contributed by atoms with Crippen LogP contribution in [-0.4, -0.2) is 34.1 Å². The average Bonchev–Trinajstić information content (AvgIpc) is 4.01. The van der Waals surface area contributed by atoms with Crippen molar-refractivity contribution in [2.45, 2.75) is 0 Å². The summed E-state index contributed by atoms with van der Waals surface area (Å²) in [6, 6.07) is 67.3. The maximum Gasteiger partial charge on any atom is 0.238 e. The number of fused-ring (bicyclic) bond motifs is 9. The van der Waals surface area contributed by atoms with E-state index < -0.39 is 0 Å². The van der Waals surface area contributed by atoms with Gasteiger partial charge in [-0.2, -0.15) is 9.97 Å². The van der Waals surface area contributed by atoms with E-state index in [0.29, 0.717) is 23.2 Å². The van der Waals surface area contributed by atoms with Gasteiger partial charge in [-0.05, 0) is 82.9 Å². The van der Waals surface area contributed by atoms with Crippen molar-refractivity contribution < 1.29 is 4.42 Å². The Labute approximate surface area is 360 Å². The molecule has 0 amide bonds. The molecule has 0 spiro atoms. The SMILES string of the molecule is c1ccc(-c2nc(-c3ccccc3)nc(-n3c4ccccc4c4cc(-c5cccc(-c6ccc7c8ccccc8n(-c8ccc9oc%10cccnc%10c9n8)c7c6)c5)ccc43)n2)cc1. The van der Waals surface area contributed by atoms with E-state index in [1.54, 1.807) is 6.20 Å². The molecule has 0 unspecified atom stereocenters. The highest BCUT2D eigenvalue weighted by atomic mass is 16.3. The summed E-state index contributed by atoms with van der Waals surface area (Å²) in [7, 11) is 0. The summed E-state index contributed by atoms with van der Waals surface area (Å²) in [6.07, 6.45) is 1.78. The number of rotatable bonds is 6. The Balaban J connectivity index is 0.937. The Hall–Kier alpha value is -8.75. The molecular formula is C55H33N7O. The molecule has 0 fully saturated rings. The van der Waals surface area contributed by atoms with Gasteiger partial charge in [-0.25, -0.2) is 9.97 Å². The van der Waals surface area contributed by atoms with Crippen LogP contribution in [0.4, 0.5) is 0 Å². The standard InChI is InChI=1S/C55H33N7O/c1-3-13-34(14-4-1)53-58-54(35-15-5-2-6-16-35)60-55(59-53)62-45-22-10-8-20-41(45)43-32-38(25-27-46(43)62)36-17-11-18-37(31-36)39-24-26-42-40-19-7-9-21-44(40)61(47(42)33-39)50-29-28-49-52(57-50)51-48(63-49)23-12-30-56-51/h1-33H. The third kappa shape index (κ3) is 5.66. The molecule has 8 nitrogen and oxygen atoms in total. The van der Waals surface area contributed by atoms with E-state index in [2.05, 4.69) is 123 Å². The predicted octanol–water partition coefficient (Wildman–Crippen LogP) is 13.4. The first-order valence-corrected chi connectivity index (χ1v) is 20.9. The third-order valence-electron chi connectivity index (χ3n) is 12.1. The van der Waals surface area contributed by atoms with E-state index in [1.165, 1.54) is 5.39 Å². The van der Waals surface area contributed by atoms with Crippen molar-refractivity contribution in [3.8, 4) is 56.8 Å². The molecule has 0 aliphatic heterocycles. The Kier molecular flexibility index (Phi) is 7.74. The van der Waals surface area contributed by atoms with Crippen molar-refractivity contribution in [3.63, 3.8) is 0 Å². The Bertz CT molecular complexity index is 3870. The fourth-order valence-corrected chi connectivity index (χ4v) is 9.12. The normalized spacial score (nSPS) is 11.8. The molecule has 8 heteroatoms. The van der Waals surface area contributed by atoms with Crippen LogP contribution in [0.5, 0.6) is 0 Å². The highest BCUT2D eigenvalue weighted by Crippen LogP contribution is 2.39. The van der Waals surface area contributed by atoms with E-state index in [1.807, 2.05) is 84.9 Å². The zero-order valence-electron chi connectivity index (χ0n) is 33.6. The summed E-state index contributed by atoms with van der Waals surface area (Å²) in [4.78, 5) is 24.9. The summed E-state index contributed by atoms with van der Waals surface area (Å²) in [5.74, 6) is 2.63. The average molecular weight is 808 g/mol.